The highest BCUT2D eigenvalue weighted by atomic mass is 35.5. The number of halogens is 1. The molecule has 0 spiro atoms. The molecule has 15 heavy (non-hydrogen) atoms. The molecular weight excluding hydrogens is 236 g/mol. The van der Waals surface area contributed by atoms with Crippen molar-refractivity contribution in [1.29, 1.82) is 0 Å². The first-order valence-electron chi connectivity index (χ1n) is 4.89. The van der Waals surface area contributed by atoms with E-state index in [0.29, 0.717) is 13.0 Å². The van der Waals surface area contributed by atoms with Crippen LogP contribution in [0.15, 0.2) is 12.7 Å². The number of allylic oxidation sites excluding steroid dienone is 1. The summed E-state index contributed by atoms with van der Waals surface area (Å²) in [7, 11) is -3.07. The number of nitrogens with one attached hydrogen (secondary N) is 1. The van der Waals surface area contributed by atoms with Crippen molar-refractivity contribution in [2.45, 2.75) is 19.4 Å². The first kappa shape index (κ1) is 14.9. The second-order valence-corrected chi connectivity index (χ2v) is 5.60. The summed E-state index contributed by atoms with van der Waals surface area (Å²) < 4.78 is 25.2. The summed E-state index contributed by atoms with van der Waals surface area (Å²) in [5.41, 5.74) is 0. The van der Waals surface area contributed by atoms with E-state index in [9.17, 15) is 8.42 Å². The average Bonchev–Trinajstić information content (AvgIpc) is 2.15. The minimum Gasteiger partial charge on any atom is -0.314 e. The van der Waals surface area contributed by atoms with Gasteiger partial charge in [0, 0.05) is 25.7 Å². The van der Waals surface area contributed by atoms with E-state index >= 15 is 0 Å². The van der Waals surface area contributed by atoms with E-state index in [1.54, 1.807) is 10.4 Å². The monoisotopic (exact) mass is 254 g/mol. The van der Waals surface area contributed by atoms with Crippen LogP contribution in [0.2, 0.25) is 0 Å². The Hall–Kier alpha value is -0.100. The molecular formula is C9H19ClN2O2S. The standard InChI is InChI=1S/C9H18N2O2S.ClH/c1-3-4-7-14(12,13)11-6-5-10-8-9(11)2;/h3,9-10H,1,4-8H2,2H3;1H/t9-;/m0./s1. The van der Waals surface area contributed by atoms with E-state index in [-0.39, 0.29) is 24.2 Å². The van der Waals surface area contributed by atoms with Gasteiger partial charge in [-0.15, -0.1) is 19.0 Å². The molecule has 0 aromatic rings. The summed E-state index contributed by atoms with van der Waals surface area (Å²) in [4.78, 5) is 0. The van der Waals surface area contributed by atoms with Crippen LogP contribution in [0.25, 0.3) is 0 Å². The summed E-state index contributed by atoms with van der Waals surface area (Å²) in [5, 5.41) is 3.17. The fourth-order valence-electron chi connectivity index (χ4n) is 1.59. The molecule has 1 N–H and O–H groups in total. The summed E-state index contributed by atoms with van der Waals surface area (Å²) in [6.07, 6.45) is 2.17. The fraction of sp³-hybridized carbons (Fsp3) is 0.778. The highest BCUT2D eigenvalue weighted by Crippen LogP contribution is 2.10. The molecule has 0 aliphatic carbocycles. The van der Waals surface area contributed by atoms with Gasteiger partial charge < -0.3 is 5.32 Å². The smallest absolute Gasteiger partial charge is 0.214 e. The van der Waals surface area contributed by atoms with Crippen molar-refractivity contribution in [2.75, 3.05) is 25.4 Å². The van der Waals surface area contributed by atoms with E-state index in [0.717, 1.165) is 13.1 Å². The van der Waals surface area contributed by atoms with Gasteiger partial charge in [0.05, 0.1) is 5.75 Å². The largest absolute Gasteiger partial charge is 0.314 e. The molecule has 90 valence electrons. The highest BCUT2D eigenvalue weighted by molar-refractivity contribution is 7.89. The molecule has 1 saturated heterocycles. The van der Waals surface area contributed by atoms with Crippen LogP contribution >= 0.6 is 12.4 Å². The van der Waals surface area contributed by atoms with Crippen LogP contribution < -0.4 is 5.32 Å². The minimum absolute atomic E-state index is 0. The van der Waals surface area contributed by atoms with Gasteiger partial charge in [-0.3, -0.25) is 0 Å². The molecule has 1 aliphatic rings. The predicted molar refractivity (Wildman–Crippen MR) is 64.9 cm³/mol. The van der Waals surface area contributed by atoms with Gasteiger partial charge in [0.1, 0.15) is 0 Å². The Balaban J connectivity index is 0.00000196. The van der Waals surface area contributed by atoms with Crippen LogP contribution in [0.3, 0.4) is 0 Å². The van der Waals surface area contributed by atoms with E-state index < -0.39 is 10.0 Å². The van der Waals surface area contributed by atoms with Crippen molar-refractivity contribution in [3.05, 3.63) is 12.7 Å². The molecule has 0 bridgehead atoms. The maximum Gasteiger partial charge on any atom is 0.214 e. The minimum atomic E-state index is -3.07. The third kappa shape index (κ3) is 4.10. The zero-order chi connectivity index (χ0) is 10.6. The molecule has 0 aromatic carbocycles. The van der Waals surface area contributed by atoms with Gasteiger partial charge in [0.15, 0.2) is 0 Å². The first-order chi connectivity index (χ1) is 6.58. The molecule has 1 rings (SSSR count). The molecule has 0 saturated carbocycles. The number of nitrogens with zero attached hydrogens (tertiary/aromatic N) is 1. The lowest BCUT2D eigenvalue weighted by Crippen LogP contribution is -2.52. The Bertz CT molecular complexity index is 292. The lowest BCUT2D eigenvalue weighted by Gasteiger charge is -2.32. The van der Waals surface area contributed by atoms with E-state index in [4.69, 9.17) is 0 Å². The van der Waals surface area contributed by atoms with Crippen LogP contribution in [0, 0.1) is 0 Å². The Labute approximate surface area is 98.2 Å². The summed E-state index contributed by atoms with van der Waals surface area (Å²) >= 11 is 0. The van der Waals surface area contributed by atoms with Crippen molar-refractivity contribution < 1.29 is 8.42 Å². The van der Waals surface area contributed by atoms with E-state index in [2.05, 4.69) is 11.9 Å². The average molecular weight is 255 g/mol. The van der Waals surface area contributed by atoms with Gasteiger partial charge in [-0.25, -0.2) is 8.42 Å². The van der Waals surface area contributed by atoms with Crippen molar-refractivity contribution in [1.82, 2.24) is 9.62 Å². The van der Waals surface area contributed by atoms with E-state index in [1.165, 1.54) is 0 Å². The lowest BCUT2D eigenvalue weighted by molar-refractivity contribution is 0.284. The Morgan fingerprint density at radius 1 is 1.60 bits per heavy atom. The summed E-state index contributed by atoms with van der Waals surface area (Å²) in [5.74, 6) is 0.181. The molecule has 0 radical (unpaired) electrons. The molecule has 4 nitrogen and oxygen atoms in total. The van der Waals surface area contributed by atoms with Gasteiger partial charge in [-0.1, -0.05) is 6.08 Å². The van der Waals surface area contributed by atoms with Gasteiger partial charge in [-0.05, 0) is 13.3 Å². The zero-order valence-electron chi connectivity index (χ0n) is 8.98. The van der Waals surface area contributed by atoms with Crippen LogP contribution in [-0.2, 0) is 10.0 Å². The lowest BCUT2D eigenvalue weighted by atomic mass is 10.3. The molecule has 1 aliphatic heterocycles. The molecule has 1 atom stereocenters. The first-order valence-corrected chi connectivity index (χ1v) is 6.50. The fourth-order valence-corrected chi connectivity index (χ4v) is 3.28. The van der Waals surface area contributed by atoms with Gasteiger partial charge in [0.25, 0.3) is 0 Å². The Morgan fingerprint density at radius 3 is 2.80 bits per heavy atom. The van der Waals surface area contributed by atoms with Crippen molar-refractivity contribution in [3.8, 4) is 0 Å². The van der Waals surface area contributed by atoms with Crippen molar-refractivity contribution >= 4 is 22.4 Å². The van der Waals surface area contributed by atoms with Crippen LogP contribution in [0.5, 0.6) is 0 Å². The molecule has 1 heterocycles. The quantitative estimate of drug-likeness (QED) is 0.748. The topological polar surface area (TPSA) is 49.4 Å². The maximum absolute atomic E-state index is 11.8. The molecule has 0 unspecified atom stereocenters. The Kier molecular flexibility index (Phi) is 6.43. The van der Waals surface area contributed by atoms with E-state index in [1.807, 2.05) is 6.92 Å². The van der Waals surface area contributed by atoms with Crippen molar-refractivity contribution in [2.24, 2.45) is 0 Å². The molecule has 0 amide bonds. The third-order valence-corrected chi connectivity index (χ3v) is 4.39. The SMILES string of the molecule is C=CCCS(=O)(=O)N1CCNC[C@@H]1C.Cl. The summed E-state index contributed by atoms with van der Waals surface area (Å²) in [6, 6.07) is 0.0681. The van der Waals surface area contributed by atoms with Gasteiger partial charge in [0.2, 0.25) is 10.0 Å². The zero-order valence-corrected chi connectivity index (χ0v) is 10.6. The number of rotatable bonds is 4. The number of piperazine rings is 1. The molecule has 6 heteroatoms. The van der Waals surface area contributed by atoms with Crippen molar-refractivity contribution in [3.63, 3.8) is 0 Å². The highest BCUT2D eigenvalue weighted by Gasteiger charge is 2.28. The van der Waals surface area contributed by atoms with Gasteiger partial charge in [-0.2, -0.15) is 4.31 Å². The predicted octanol–water partition coefficient (Wildman–Crippen LogP) is 0.608. The normalized spacial score (nSPS) is 23.1. The van der Waals surface area contributed by atoms with Gasteiger partial charge >= 0.3 is 0 Å². The second kappa shape index (κ2) is 6.48. The summed E-state index contributed by atoms with van der Waals surface area (Å²) in [6.45, 7) is 7.54. The Morgan fingerprint density at radius 2 is 2.27 bits per heavy atom. The number of hydrogen-bond donors (Lipinski definition) is 1. The van der Waals surface area contributed by atoms with Crippen LogP contribution in [0.4, 0.5) is 0 Å². The molecule has 0 aromatic heterocycles. The van der Waals surface area contributed by atoms with Crippen LogP contribution in [0.1, 0.15) is 13.3 Å². The molecule has 1 fully saturated rings. The number of sulfonamides is 1. The number of hydrogen-bond acceptors (Lipinski definition) is 3. The maximum atomic E-state index is 11.8. The van der Waals surface area contributed by atoms with Crippen LogP contribution in [-0.4, -0.2) is 44.2 Å². The second-order valence-electron chi connectivity index (χ2n) is 3.56. The third-order valence-electron chi connectivity index (χ3n) is 2.38.